The summed E-state index contributed by atoms with van der Waals surface area (Å²) in [6.07, 6.45) is 17.4. The Balaban J connectivity index is 1.33. The average molecular weight is 451 g/mol. The molecule has 0 saturated heterocycles. The number of nitrogens with zero attached hydrogens (tertiary/aromatic N) is 1. The van der Waals surface area contributed by atoms with Crippen LogP contribution in [0.2, 0.25) is 0 Å². The topological polar surface area (TPSA) is 80.7 Å². The van der Waals surface area contributed by atoms with Crippen LogP contribution in [0.3, 0.4) is 0 Å². The molecule has 1 saturated carbocycles. The van der Waals surface area contributed by atoms with E-state index in [1.807, 2.05) is 24.4 Å². The van der Waals surface area contributed by atoms with Crippen molar-refractivity contribution in [2.75, 3.05) is 13.2 Å². The molecule has 0 spiro atoms. The van der Waals surface area contributed by atoms with Crippen molar-refractivity contribution in [3.63, 3.8) is 0 Å². The van der Waals surface area contributed by atoms with Crippen molar-refractivity contribution in [3.8, 4) is 5.75 Å². The zero-order valence-electron chi connectivity index (χ0n) is 19.1. The number of ether oxygens (including phenoxy) is 1. The first-order valence-corrected chi connectivity index (χ1v) is 12.1. The van der Waals surface area contributed by atoms with E-state index in [2.05, 4.69) is 34.7 Å². The molecule has 1 fully saturated rings. The van der Waals surface area contributed by atoms with Crippen molar-refractivity contribution in [2.24, 2.45) is 5.92 Å². The van der Waals surface area contributed by atoms with Gasteiger partial charge in [-0.3, -0.25) is 9.82 Å². The first kappa shape index (κ1) is 23.5. The van der Waals surface area contributed by atoms with E-state index in [1.54, 1.807) is 6.20 Å². The number of aromatic nitrogens is 1. The quantitative estimate of drug-likeness (QED) is 0.272. The summed E-state index contributed by atoms with van der Waals surface area (Å²) >= 11 is 0. The molecule has 0 bridgehead atoms. The van der Waals surface area contributed by atoms with Gasteiger partial charge >= 0.3 is 5.97 Å². The highest BCUT2D eigenvalue weighted by Gasteiger charge is 2.23. The molecule has 2 atom stereocenters. The van der Waals surface area contributed by atoms with Gasteiger partial charge in [0.2, 0.25) is 0 Å². The third-order valence-corrected chi connectivity index (χ3v) is 6.77. The Hall–Kier alpha value is -2.70. The van der Waals surface area contributed by atoms with Crippen LogP contribution in [0.1, 0.15) is 73.6 Å². The molecule has 0 radical (unpaired) electrons. The highest BCUT2D eigenvalue weighted by atomic mass is 16.6. The average Bonchev–Trinajstić information content (AvgIpc) is 3.35. The van der Waals surface area contributed by atoms with Crippen LogP contribution in [0, 0.1) is 5.92 Å². The Bertz CT molecular complexity index is 925. The van der Waals surface area contributed by atoms with E-state index in [9.17, 15) is 4.79 Å². The van der Waals surface area contributed by atoms with Gasteiger partial charge < -0.3 is 9.84 Å². The van der Waals surface area contributed by atoms with Gasteiger partial charge in [-0.15, -0.1) is 0 Å². The molecule has 176 valence electrons. The second kappa shape index (κ2) is 12.0. The molecule has 2 aromatic rings. The fourth-order valence-electron chi connectivity index (χ4n) is 5.16. The van der Waals surface area contributed by atoms with Gasteiger partial charge in [0.15, 0.2) is 6.61 Å². The maximum atomic E-state index is 10.9. The largest absolute Gasteiger partial charge is 0.482 e. The number of hydrogen-bond donors (Lipinski definition) is 2. The van der Waals surface area contributed by atoms with Gasteiger partial charge in [-0.05, 0) is 60.4 Å². The molecule has 0 amide bonds. The van der Waals surface area contributed by atoms with Crippen molar-refractivity contribution < 1.29 is 19.5 Å². The van der Waals surface area contributed by atoms with Crippen molar-refractivity contribution in [3.05, 3.63) is 71.6 Å². The predicted molar refractivity (Wildman–Crippen MR) is 127 cm³/mol. The molecule has 33 heavy (non-hydrogen) atoms. The number of aliphatic carboxylic acids is 1. The second-order valence-corrected chi connectivity index (χ2v) is 9.09. The SMILES string of the molecule is O=C(O)COc1cccc2c1CCCC2/C=C/CONC(CC1CCCC1)c1cccnc1. The molecule has 0 aliphatic heterocycles. The second-order valence-electron chi connectivity index (χ2n) is 9.09. The van der Waals surface area contributed by atoms with Crippen molar-refractivity contribution >= 4 is 5.97 Å². The van der Waals surface area contributed by atoms with E-state index in [-0.39, 0.29) is 12.6 Å². The minimum absolute atomic E-state index is 0.152. The van der Waals surface area contributed by atoms with Gasteiger partial charge in [0.25, 0.3) is 0 Å². The third-order valence-electron chi connectivity index (χ3n) is 6.77. The molecule has 2 aliphatic carbocycles. The smallest absolute Gasteiger partial charge is 0.341 e. The Morgan fingerprint density at radius 3 is 2.85 bits per heavy atom. The van der Waals surface area contributed by atoms with Gasteiger partial charge in [0, 0.05) is 18.3 Å². The standard InChI is InChI=1S/C27H34N2O4/c30-27(31)19-32-26-14-4-12-23-21(9-3-13-24(23)26)11-6-16-33-29-25(17-20-7-1-2-8-20)22-10-5-15-28-18-22/h4-6,10-12,14-15,18,20-21,25,29H,1-3,7-9,13,16-17,19H2,(H,30,31)/b11-6+. The van der Waals surface area contributed by atoms with Gasteiger partial charge in [-0.2, -0.15) is 5.48 Å². The molecule has 6 heteroatoms. The van der Waals surface area contributed by atoms with E-state index < -0.39 is 5.97 Å². The van der Waals surface area contributed by atoms with E-state index in [4.69, 9.17) is 14.7 Å². The fraction of sp³-hybridized carbons (Fsp3) is 0.481. The molecule has 4 rings (SSSR count). The summed E-state index contributed by atoms with van der Waals surface area (Å²) in [6, 6.07) is 10.2. The lowest BCUT2D eigenvalue weighted by atomic mass is 9.82. The fourth-order valence-corrected chi connectivity index (χ4v) is 5.16. The van der Waals surface area contributed by atoms with Crippen LogP contribution in [-0.2, 0) is 16.1 Å². The van der Waals surface area contributed by atoms with E-state index in [0.29, 0.717) is 18.3 Å². The van der Waals surface area contributed by atoms with Crippen LogP contribution < -0.4 is 10.2 Å². The summed E-state index contributed by atoms with van der Waals surface area (Å²) in [7, 11) is 0. The molecule has 1 aromatic heterocycles. The molecule has 2 aliphatic rings. The number of nitrogens with one attached hydrogen (secondary N) is 1. The lowest BCUT2D eigenvalue weighted by molar-refractivity contribution is -0.139. The van der Waals surface area contributed by atoms with Crippen LogP contribution >= 0.6 is 0 Å². The Morgan fingerprint density at radius 2 is 2.06 bits per heavy atom. The van der Waals surface area contributed by atoms with Crippen molar-refractivity contribution in [2.45, 2.75) is 63.3 Å². The summed E-state index contributed by atoms with van der Waals surface area (Å²) in [5, 5.41) is 8.93. The number of carboxylic acid groups (broad SMARTS) is 1. The van der Waals surface area contributed by atoms with Crippen molar-refractivity contribution in [1.82, 2.24) is 10.5 Å². The molecular weight excluding hydrogens is 416 g/mol. The number of pyridine rings is 1. The molecule has 2 N–H and O–H groups in total. The molecular formula is C27H34N2O4. The molecule has 6 nitrogen and oxygen atoms in total. The summed E-state index contributed by atoms with van der Waals surface area (Å²) in [5.41, 5.74) is 6.82. The van der Waals surface area contributed by atoms with Crippen LogP contribution in [0.5, 0.6) is 5.75 Å². The summed E-state index contributed by atoms with van der Waals surface area (Å²) in [5.74, 6) is 0.774. The predicted octanol–water partition coefficient (Wildman–Crippen LogP) is 5.36. The minimum atomic E-state index is -0.956. The van der Waals surface area contributed by atoms with E-state index in [0.717, 1.165) is 37.2 Å². The maximum Gasteiger partial charge on any atom is 0.341 e. The number of hydroxylamine groups is 1. The van der Waals surface area contributed by atoms with Gasteiger partial charge in [-0.25, -0.2) is 4.79 Å². The first-order valence-electron chi connectivity index (χ1n) is 12.1. The Morgan fingerprint density at radius 1 is 1.18 bits per heavy atom. The number of hydrogen-bond acceptors (Lipinski definition) is 5. The maximum absolute atomic E-state index is 10.9. The number of allylic oxidation sites excluding steroid dienone is 1. The number of benzene rings is 1. The van der Waals surface area contributed by atoms with Crippen LogP contribution in [-0.4, -0.2) is 29.3 Å². The van der Waals surface area contributed by atoms with Crippen LogP contribution in [0.25, 0.3) is 0 Å². The minimum Gasteiger partial charge on any atom is -0.482 e. The summed E-state index contributed by atoms with van der Waals surface area (Å²) in [6.45, 7) is 0.178. The highest BCUT2D eigenvalue weighted by Crippen LogP contribution is 2.37. The zero-order valence-corrected chi connectivity index (χ0v) is 19.1. The number of carbonyl (C=O) groups is 1. The number of rotatable bonds is 11. The molecule has 2 unspecified atom stereocenters. The highest BCUT2D eigenvalue weighted by molar-refractivity contribution is 5.68. The van der Waals surface area contributed by atoms with Crippen LogP contribution in [0.15, 0.2) is 54.9 Å². The molecule has 1 heterocycles. The van der Waals surface area contributed by atoms with Crippen molar-refractivity contribution in [1.29, 1.82) is 0 Å². The first-order chi connectivity index (χ1) is 16.2. The zero-order chi connectivity index (χ0) is 22.9. The third kappa shape index (κ3) is 6.65. The number of carboxylic acids is 1. The van der Waals surface area contributed by atoms with Gasteiger partial charge in [0.05, 0.1) is 12.6 Å². The van der Waals surface area contributed by atoms with Gasteiger partial charge in [0.1, 0.15) is 5.75 Å². The lowest BCUT2D eigenvalue weighted by Gasteiger charge is -2.25. The summed E-state index contributed by atoms with van der Waals surface area (Å²) < 4.78 is 5.52. The summed E-state index contributed by atoms with van der Waals surface area (Å²) in [4.78, 5) is 21.0. The Kier molecular flexibility index (Phi) is 8.50. The van der Waals surface area contributed by atoms with E-state index in [1.165, 1.54) is 36.8 Å². The Labute approximate surface area is 196 Å². The normalized spacial score (nSPS) is 19.5. The van der Waals surface area contributed by atoms with Gasteiger partial charge in [-0.1, -0.05) is 56.0 Å². The van der Waals surface area contributed by atoms with Crippen LogP contribution in [0.4, 0.5) is 0 Å². The lowest BCUT2D eigenvalue weighted by Crippen LogP contribution is -2.24. The molecule has 1 aromatic carbocycles. The number of fused-ring (bicyclic) bond motifs is 1. The van der Waals surface area contributed by atoms with E-state index >= 15 is 0 Å². The monoisotopic (exact) mass is 450 g/mol.